The van der Waals surface area contributed by atoms with Gasteiger partial charge >= 0.3 is 0 Å². The van der Waals surface area contributed by atoms with E-state index in [1.165, 1.54) is 11.8 Å². The van der Waals surface area contributed by atoms with Crippen LogP contribution >= 0.6 is 11.8 Å². The molecule has 0 fully saturated rings. The molecular weight excluding hydrogens is 232 g/mol. The number of carbonyl (C=O) groups is 1. The van der Waals surface area contributed by atoms with Gasteiger partial charge in [0.2, 0.25) is 5.91 Å². The van der Waals surface area contributed by atoms with E-state index in [4.69, 9.17) is 0 Å². The zero-order valence-corrected chi connectivity index (χ0v) is 11.7. The number of hydrogen-bond acceptors (Lipinski definition) is 3. The number of rotatable bonds is 5. The van der Waals surface area contributed by atoms with Crippen molar-refractivity contribution in [2.45, 2.75) is 38.0 Å². The van der Waals surface area contributed by atoms with Crippen LogP contribution in [0.3, 0.4) is 0 Å². The Bertz CT molecular complexity index is 362. The quantitative estimate of drug-likeness (QED) is 0.819. The molecule has 1 N–H and O–H groups in total. The molecule has 0 aliphatic carbocycles. The van der Waals surface area contributed by atoms with Gasteiger partial charge in [0.15, 0.2) is 0 Å². The van der Waals surface area contributed by atoms with Gasteiger partial charge in [0.05, 0.1) is 10.3 Å². The second-order valence-corrected chi connectivity index (χ2v) is 5.93. The highest BCUT2D eigenvalue weighted by atomic mass is 32.2. The zero-order valence-electron chi connectivity index (χ0n) is 10.9. The number of carbonyl (C=O) groups excluding carboxylic acids is 1. The number of aromatic nitrogens is 1. The van der Waals surface area contributed by atoms with Gasteiger partial charge in [0.1, 0.15) is 0 Å². The van der Waals surface area contributed by atoms with Crippen molar-refractivity contribution in [3.05, 3.63) is 23.9 Å². The second kappa shape index (κ2) is 6.64. The highest BCUT2D eigenvalue weighted by molar-refractivity contribution is 8.00. The highest BCUT2D eigenvalue weighted by Gasteiger charge is 2.14. The smallest absolute Gasteiger partial charge is 0.233 e. The van der Waals surface area contributed by atoms with Gasteiger partial charge in [-0.2, -0.15) is 0 Å². The van der Waals surface area contributed by atoms with Crippen molar-refractivity contribution in [2.24, 2.45) is 5.92 Å². The molecule has 0 radical (unpaired) electrons. The lowest BCUT2D eigenvalue weighted by atomic mass is 10.2. The third-order valence-electron chi connectivity index (χ3n) is 2.24. The summed E-state index contributed by atoms with van der Waals surface area (Å²) in [5.41, 5.74) is 1.13. The molecule has 0 saturated heterocycles. The lowest BCUT2D eigenvalue weighted by Gasteiger charge is -2.12. The van der Waals surface area contributed by atoms with Crippen LogP contribution < -0.4 is 5.32 Å². The molecule has 3 nitrogen and oxygen atoms in total. The molecule has 1 rings (SSSR count). The Kier molecular flexibility index (Phi) is 5.48. The summed E-state index contributed by atoms with van der Waals surface area (Å²) in [5, 5.41) is 3.71. The highest BCUT2D eigenvalue weighted by Crippen LogP contribution is 2.20. The average Bonchev–Trinajstić information content (AvgIpc) is 2.28. The molecule has 0 spiro atoms. The number of aryl methyl sites for hydroxylation is 1. The second-order valence-electron chi connectivity index (χ2n) is 4.57. The summed E-state index contributed by atoms with van der Waals surface area (Å²) in [6.07, 6.45) is 1.82. The number of nitrogens with one attached hydrogen (secondary N) is 1. The predicted octanol–water partition coefficient (Wildman–Crippen LogP) is 2.64. The molecule has 94 valence electrons. The SMILES string of the molecule is Cc1ccc(S[C@H](C)C(=O)NCC(C)C)nc1. The Balaban J connectivity index is 2.45. The molecule has 0 bridgehead atoms. The van der Waals surface area contributed by atoms with Crippen molar-refractivity contribution in [3.63, 3.8) is 0 Å². The molecule has 0 saturated carbocycles. The minimum absolute atomic E-state index is 0.0751. The van der Waals surface area contributed by atoms with E-state index in [0.29, 0.717) is 5.92 Å². The van der Waals surface area contributed by atoms with E-state index in [9.17, 15) is 4.79 Å². The fourth-order valence-corrected chi connectivity index (χ4v) is 2.02. The summed E-state index contributed by atoms with van der Waals surface area (Å²) in [5.74, 6) is 0.555. The number of nitrogens with zero attached hydrogens (tertiary/aromatic N) is 1. The molecule has 17 heavy (non-hydrogen) atoms. The molecule has 1 aromatic rings. The van der Waals surface area contributed by atoms with Gasteiger partial charge in [0.25, 0.3) is 0 Å². The molecule has 1 aromatic heterocycles. The van der Waals surface area contributed by atoms with Crippen LogP contribution in [0.25, 0.3) is 0 Å². The summed E-state index contributed by atoms with van der Waals surface area (Å²) in [6.45, 7) is 8.80. The van der Waals surface area contributed by atoms with Crippen LogP contribution in [0.15, 0.2) is 23.4 Å². The first kappa shape index (κ1) is 14.0. The first-order valence-electron chi connectivity index (χ1n) is 5.86. The Hall–Kier alpha value is -1.03. The summed E-state index contributed by atoms with van der Waals surface area (Å²) < 4.78 is 0. The van der Waals surface area contributed by atoms with Gasteiger partial charge in [0, 0.05) is 12.7 Å². The zero-order chi connectivity index (χ0) is 12.8. The summed E-state index contributed by atoms with van der Waals surface area (Å²) >= 11 is 1.49. The average molecular weight is 252 g/mol. The minimum atomic E-state index is -0.107. The van der Waals surface area contributed by atoms with Gasteiger partial charge in [-0.05, 0) is 31.4 Å². The Morgan fingerprint density at radius 1 is 1.41 bits per heavy atom. The fraction of sp³-hybridized carbons (Fsp3) is 0.538. The third kappa shape index (κ3) is 5.22. The number of pyridine rings is 1. The van der Waals surface area contributed by atoms with E-state index in [1.54, 1.807) is 0 Å². The lowest BCUT2D eigenvalue weighted by molar-refractivity contribution is -0.120. The molecular formula is C13H20N2OS. The van der Waals surface area contributed by atoms with Crippen LogP contribution in [0.1, 0.15) is 26.3 Å². The summed E-state index contributed by atoms with van der Waals surface area (Å²) in [4.78, 5) is 16.0. The maximum atomic E-state index is 11.8. The third-order valence-corrected chi connectivity index (χ3v) is 3.29. The fourth-order valence-electron chi connectivity index (χ4n) is 1.21. The maximum Gasteiger partial charge on any atom is 0.233 e. The summed E-state index contributed by atoms with van der Waals surface area (Å²) in [6, 6.07) is 3.96. The minimum Gasteiger partial charge on any atom is -0.355 e. The van der Waals surface area contributed by atoms with Gasteiger partial charge in [-0.25, -0.2) is 4.98 Å². The molecule has 0 unspecified atom stereocenters. The molecule has 0 aliphatic heterocycles. The first-order chi connectivity index (χ1) is 7.99. The topological polar surface area (TPSA) is 42.0 Å². The van der Waals surface area contributed by atoms with Gasteiger partial charge < -0.3 is 5.32 Å². The Labute approximate surface area is 107 Å². The first-order valence-corrected chi connectivity index (χ1v) is 6.74. The van der Waals surface area contributed by atoms with Gasteiger partial charge in [-0.1, -0.05) is 31.7 Å². The van der Waals surface area contributed by atoms with E-state index in [1.807, 2.05) is 32.2 Å². The Morgan fingerprint density at radius 3 is 2.65 bits per heavy atom. The van der Waals surface area contributed by atoms with Gasteiger partial charge in [-0.3, -0.25) is 4.79 Å². The van der Waals surface area contributed by atoms with E-state index < -0.39 is 0 Å². The molecule has 1 atom stereocenters. The van der Waals surface area contributed by atoms with Crippen molar-refractivity contribution in [1.82, 2.24) is 10.3 Å². The number of thioether (sulfide) groups is 1. The van der Waals surface area contributed by atoms with Crippen molar-refractivity contribution in [1.29, 1.82) is 0 Å². The predicted molar refractivity (Wildman–Crippen MR) is 72.1 cm³/mol. The molecule has 0 aliphatic rings. The van der Waals surface area contributed by atoms with Crippen molar-refractivity contribution >= 4 is 17.7 Å². The summed E-state index contributed by atoms with van der Waals surface area (Å²) in [7, 11) is 0. The van der Waals surface area contributed by atoms with Gasteiger partial charge in [-0.15, -0.1) is 0 Å². The van der Waals surface area contributed by atoms with E-state index >= 15 is 0 Å². The molecule has 1 amide bonds. The van der Waals surface area contributed by atoms with Crippen LogP contribution in [-0.2, 0) is 4.79 Å². The largest absolute Gasteiger partial charge is 0.355 e. The van der Waals surface area contributed by atoms with Crippen LogP contribution in [-0.4, -0.2) is 22.7 Å². The van der Waals surface area contributed by atoms with E-state index in [0.717, 1.165) is 17.1 Å². The van der Waals surface area contributed by atoms with Crippen molar-refractivity contribution in [3.8, 4) is 0 Å². The Morgan fingerprint density at radius 2 is 2.12 bits per heavy atom. The van der Waals surface area contributed by atoms with E-state index in [2.05, 4.69) is 24.1 Å². The van der Waals surface area contributed by atoms with E-state index in [-0.39, 0.29) is 11.2 Å². The van der Waals surface area contributed by atoms with Crippen LogP contribution in [0, 0.1) is 12.8 Å². The normalized spacial score (nSPS) is 12.5. The van der Waals surface area contributed by atoms with Crippen LogP contribution in [0.5, 0.6) is 0 Å². The van der Waals surface area contributed by atoms with Crippen molar-refractivity contribution < 1.29 is 4.79 Å². The lowest BCUT2D eigenvalue weighted by Crippen LogP contribution is -2.33. The van der Waals surface area contributed by atoms with Crippen LogP contribution in [0.2, 0.25) is 0 Å². The molecule has 1 heterocycles. The molecule has 0 aromatic carbocycles. The number of hydrogen-bond donors (Lipinski definition) is 1. The standard InChI is InChI=1S/C13H20N2OS/c1-9(2)7-15-13(16)11(4)17-12-6-5-10(3)8-14-12/h5-6,8-9,11H,7H2,1-4H3,(H,15,16)/t11-/m1/s1. The maximum absolute atomic E-state index is 11.8. The number of amides is 1. The van der Waals surface area contributed by atoms with Crippen LogP contribution in [0.4, 0.5) is 0 Å². The van der Waals surface area contributed by atoms with Crippen molar-refractivity contribution in [2.75, 3.05) is 6.54 Å². The monoisotopic (exact) mass is 252 g/mol. The molecule has 4 heteroatoms.